The number of amides is 1. The fourth-order valence-electron chi connectivity index (χ4n) is 6.24. The van der Waals surface area contributed by atoms with Crippen LogP contribution in [0.5, 0.6) is 0 Å². The normalized spacial score (nSPS) is 14.7. The number of nitriles is 1. The second kappa shape index (κ2) is 23.0. The quantitative estimate of drug-likeness (QED) is 0.0797. The third kappa shape index (κ3) is 14.1. The van der Waals surface area contributed by atoms with Gasteiger partial charge in [0.15, 0.2) is 0 Å². The van der Waals surface area contributed by atoms with Crippen molar-refractivity contribution in [1.29, 1.82) is 5.26 Å². The van der Waals surface area contributed by atoms with Gasteiger partial charge in [0.25, 0.3) is 0 Å². The van der Waals surface area contributed by atoms with Gasteiger partial charge in [-0.15, -0.1) is 0 Å². The highest BCUT2D eigenvalue weighted by atomic mass is 32.2. The van der Waals surface area contributed by atoms with Gasteiger partial charge in [0.2, 0.25) is 5.91 Å². The molecule has 0 bridgehead atoms. The van der Waals surface area contributed by atoms with Gasteiger partial charge in [-0.1, -0.05) is 56.3 Å². The first-order valence-electron chi connectivity index (χ1n) is 18.3. The van der Waals surface area contributed by atoms with Crippen molar-refractivity contribution in [2.45, 2.75) is 76.1 Å². The minimum absolute atomic E-state index is 0.0881. The molecule has 2 fully saturated rings. The van der Waals surface area contributed by atoms with Gasteiger partial charge in [-0.05, 0) is 89.9 Å². The number of halogens is 1. The molecule has 1 aliphatic carbocycles. The number of carbonyl (C=O) groups excluding carboxylic acids is 3. The van der Waals surface area contributed by atoms with Crippen molar-refractivity contribution in [3.05, 3.63) is 106 Å². The van der Waals surface area contributed by atoms with Crippen molar-refractivity contribution in [1.82, 2.24) is 4.90 Å². The van der Waals surface area contributed by atoms with Gasteiger partial charge in [0, 0.05) is 73.9 Å². The van der Waals surface area contributed by atoms with E-state index in [-0.39, 0.29) is 16.5 Å². The molecule has 1 saturated carbocycles. The first-order valence-corrected chi connectivity index (χ1v) is 19.9. The van der Waals surface area contributed by atoms with E-state index in [1.54, 1.807) is 18.2 Å². The Kier molecular flexibility index (Phi) is 18.8. The van der Waals surface area contributed by atoms with Crippen LogP contribution in [0.2, 0.25) is 0 Å². The van der Waals surface area contributed by atoms with Gasteiger partial charge in [-0.25, -0.2) is 4.39 Å². The van der Waals surface area contributed by atoms with E-state index in [2.05, 4.69) is 40.6 Å². The molecule has 1 heterocycles. The topological polar surface area (TPSA) is 134 Å². The van der Waals surface area contributed by atoms with Gasteiger partial charge in [-0.2, -0.15) is 29.7 Å². The summed E-state index contributed by atoms with van der Waals surface area (Å²) in [5, 5.41) is 9.40. The van der Waals surface area contributed by atoms with Crippen molar-refractivity contribution in [3.8, 4) is 6.07 Å². The minimum atomic E-state index is -0.341. The molecule has 1 saturated heterocycles. The number of nitrogens with two attached hydrogens (primary N) is 2. The zero-order chi connectivity index (χ0) is 38.6. The summed E-state index contributed by atoms with van der Waals surface area (Å²) in [6, 6.07) is 19.6. The number of hydrogen-bond acceptors (Lipinski definition) is 9. The van der Waals surface area contributed by atoms with Crippen LogP contribution in [0.25, 0.3) is 6.08 Å². The van der Waals surface area contributed by atoms with Crippen molar-refractivity contribution in [3.63, 3.8) is 0 Å². The number of anilines is 1. The van der Waals surface area contributed by atoms with Crippen LogP contribution in [-0.4, -0.2) is 65.8 Å². The highest BCUT2D eigenvalue weighted by Gasteiger charge is 2.32. The second-order valence-electron chi connectivity index (χ2n) is 13.3. The van der Waals surface area contributed by atoms with Crippen LogP contribution in [0.4, 0.5) is 10.1 Å². The highest BCUT2D eigenvalue weighted by Crippen LogP contribution is 2.40. The lowest BCUT2D eigenvalue weighted by molar-refractivity contribution is -0.118. The molecule has 11 heteroatoms. The van der Waals surface area contributed by atoms with E-state index in [9.17, 15) is 24.0 Å². The van der Waals surface area contributed by atoms with Gasteiger partial charge in [-0.3, -0.25) is 14.5 Å². The fraction of sp³-hybridized carbons (Fsp3) is 0.429. The van der Waals surface area contributed by atoms with E-state index in [1.807, 2.05) is 43.0 Å². The van der Waals surface area contributed by atoms with E-state index in [0.717, 1.165) is 97.5 Å². The number of aldehydes is 2. The smallest absolute Gasteiger partial charge is 0.217 e. The zero-order valence-corrected chi connectivity index (χ0v) is 32.6. The summed E-state index contributed by atoms with van der Waals surface area (Å²) in [6.07, 6.45) is 10.1. The molecule has 4 N–H and O–H groups in total. The number of aryl methyl sites for hydroxylation is 2. The lowest BCUT2D eigenvalue weighted by Gasteiger charge is -2.37. The van der Waals surface area contributed by atoms with Crippen molar-refractivity contribution in [2.75, 3.05) is 42.6 Å². The lowest BCUT2D eigenvalue weighted by Crippen LogP contribution is -2.46. The third-order valence-electron chi connectivity index (χ3n) is 9.54. The van der Waals surface area contributed by atoms with Crippen molar-refractivity contribution >= 4 is 54.6 Å². The van der Waals surface area contributed by atoms with Crippen molar-refractivity contribution < 1.29 is 18.8 Å². The zero-order valence-electron chi connectivity index (χ0n) is 30.9. The first kappa shape index (κ1) is 43.5. The number of unbranched alkanes of at least 4 members (excludes halogenated alkanes) is 1. The molecular formula is C42H54FN5O3S2. The van der Waals surface area contributed by atoms with Crippen LogP contribution >= 0.6 is 24.4 Å². The number of carbonyl (C=O) groups is 3. The maximum Gasteiger partial charge on any atom is 0.217 e. The van der Waals surface area contributed by atoms with Crippen molar-refractivity contribution in [2.24, 2.45) is 11.5 Å². The molecule has 0 spiro atoms. The highest BCUT2D eigenvalue weighted by molar-refractivity contribution is 8.00. The molecule has 3 aromatic carbocycles. The molecule has 1 amide bonds. The third-order valence-corrected chi connectivity index (χ3v) is 11.6. The number of nitrogens with zero attached hydrogens (tertiary/aromatic N) is 3. The fourth-order valence-corrected chi connectivity index (χ4v) is 8.01. The molecule has 3 aromatic rings. The number of benzene rings is 3. The van der Waals surface area contributed by atoms with E-state index >= 15 is 0 Å². The summed E-state index contributed by atoms with van der Waals surface area (Å²) in [5.41, 5.74) is 17.8. The predicted molar refractivity (Wildman–Crippen MR) is 220 cm³/mol. The maximum absolute atomic E-state index is 14.2. The molecular weight excluding hydrogens is 706 g/mol. The van der Waals surface area contributed by atoms with Crippen LogP contribution in [0, 0.1) is 17.1 Å². The molecule has 0 aromatic heterocycles. The summed E-state index contributed by atoms with van der Waals surface area (Å²) < 4.78 is 14.4. The second-order valence-corrected chi connectivity index (χ2v) is 15.4. The standard InChI is InChI=1S/C27H34FN3S2.C10H11NO.C5H9NO2/c1-2-23-6-4-22(17-25(23)28)19-30-11-13-31(14-12-30)26-7-5-21(18-29)16-24(26)8-15-33-20-27(32)9-3-10-27;1-2-8-4-3-5-9(7-12)10(8)6-11;6-5(8)3-1-2-4-7/h4-7,16-17,32H,2-3,8-15,19-20H2,1H3;2-5,7H,1,6,11H2;4H,1-3H2,(H2,6,8). The Morgan fingerprint density at radius 2 is 1.81 bits per heavy atom. The van der Waals surface area contributed by atoms with Crippen LogP contribution in [0.1, 0.15) is 89.2 Å². The average molecular weight is 760 g/mol. The van der Waals surface area contributed by atoms with E-state index in [4.69, 9.17) is 24.1 Å². The number of primary amides is 1. The number of hydrogen-bond donors (Lipinski definition) is 3. The maximum atomic E-state index is 14.2. The van der Waals surface area contributed by atoms with Crippen LogP contribution < -0.4 is 16.4 Å². The average Bonchev–Trinajstić information content (AvgIpc) is 3.16. The van der Waals surface area contributed by atoms with Crippen LogP contribution in [-0.2, 0) is 35.5 Å². The summed E-state index contributed by atoms with van der Waals surface area (Å²) in [7, 11) is 0. The van der Waals surface area contributed by atoms with Gasteiger partial charge in [0.05, 0.1) is 11.6 Å². The molecule has 5 rings (SSSR count). The Labute approximate surface area is 324 Å². The Bertz CT molecular complexity index is 1670. The van der Waals surface area contributed by atoms with E-state index in [0.29, 0.717) is 31.4 Å². The minimum Gasteiger partial charge on any atom is -0.370 e. The molecule has 284 valence electrons. The summed E-state index contributed by atoms with van der Waals surface area (Å²) in [5.74, 6) is 1.74. The predicted octanol–water partition coefficient (Wildman–Crippen LogP) is 7.15. The van der Waals surface area contributed by atoms with Gasteiger partial charge in [0.1, 0.15) is 18.4 Å². The molecule has 53 heavy (non-hydrogen) atoms. The monoisotopic (exact) mass is 759 g/mol. The lowest BCUT2D eigenvalue weighted by atomic mass is 9.86. The summed E-state index contributed by atoms with van der Waals surface area (Å²) >= 11 is 6.82. The molecule has 8 nitrogen and oxygen atoms in total. The summed E-state index contributed by atoms with van der Waals surface area (Å²) in [4.78, 5) is 35.0. The Balaban J connectivity index is 0.000000309. The Morgan fingerprint density at radius 1 is 1.08 bits per heavy atom. The number of rotatable bonds is 16. The van der Waals surface area contributed by atoms with E-state index in [1.165, 1.54) is 30.5 Å². The molecule has 2 aliphatic rings. The number of piperazine rings is 1. The SMILES string of the molecule is C=Cc1cccc(C=O)c1CN.CCc1ccc(CN2CCN(c3ccc(C#N)cc3CCSCC3(S)CCC3)CC2)cc1F.NC(=O)CCCC=O. The number of thiol groups is 1. The number of thioether (sulfide) groups is 1. The molecule has 0 unspecified atom stereocenters. The van der Waals surface area contributed by atoms with Gasteiger partial charge < -0.3 is 21.2 Å². The molecule has 0 radical (unpaired) electrons. The molecule has 0 atom stereocenters. The van der Waals surface area contributed by atoms with Crippen LogP contribution in [0.3, 0.4) is 0 Å². The van der Waals surface area contributed by atoms with E-state index < -0.39 is 0 Å². The molecule has 1 aliphatic heterocycles. The van der Waals surface area contributed by atoms with Gasteiger partial charge >= 0.3 is 0 Å². The largest absolute Gasteiger partial charge is 0.370 e. The first-order chi connectivity index (χ1) is 25.6. The Hall–Kier alpha value is -3.95. The Morgan fingerprint density at radius 3 is 2.38 bits per heavy atom. The van der Waals surface area contributed by atoms with Crippen LogP contribution in [0.15, 0.2) is 61.2 Å². The summed E-state index contributed by atoms with van der Waals surface area (Å²) in [6.45, 7) is 10.6.